The number of nitrogens with two attached hydrogens (primary N) is 1. The molecule has 0 spiro atoms. The minimum absolute atomic E-state index is 0.118. The van der Waals surface area contributed by atoms with Gasteiger partial charge in [0.05, 0.1) is 11.2 Å². The quantitative estimate of drug-likeness (QED) is 0.658. The number of hydrogen-bond acceptors (Lipinski definition) is 2. The third-order valence-electron chi connectivity index (χ3n) is 7.06. The van der Waals surface area contributed by atoms with E-state index < -0.39 is 24.6 Å². The molecule has 2 aliphatic heterocycles. The van der Waals surface area contributed by atoms with Crippen molar-refractivity contribution in [3.05, 3.63) is 35.4 Å². The summed E-state index contributed by atoms with van der Waals surface area (Å²) in [6.45, 7) is 3.52. The van der Waals surface area contributed by atoms with Crippen LogP contribution in [0.15, 0.2) is 24.3 Å². The molecule has 2 saturated heterocycles. The number of nitrogen functional groups attached to an aromatic ring is 1. The Bertz CT molecular complexity index is 739. The standard InChI is InChI=1S/C23H31F2NO/c1-21(2)7-5-16(6-8-21)19-11-17(3-4-20(19)26)18-12-22(14-24)9-10-23(13-18,15-25)27-22/h3-5,11,18H,6-10,12-15,26H2,1-2H3. The summed E-state index contributed by atoms with van der Waals surface area (Å²) in [4.78, 5) is 0. The molecule has 4 heteroatoms. The lowest BCUT2D eigenvalue weighted by Gasteiger charge is -2.42. The van der Waals surface area contributed by atoms with Gasteiger partial charge in [0, 0.05) is 11.3 Å². The highest BCUT2D eigenvalue weighted by atomic mass is 19.1. The molecular formula is C23H31F2NO. The third kappa shape index (κ3) is 3.41. The van der Waals surface area contributed by atoms with Crippen LogP contribution in [0.25, 0.3) is 5.57 Å². The predicted molar refractivity (Wildman–Crippen MR) is 106 cm³/mol. The molecule has 1 aromatic carbocycles. The maximum absolute atomic E-state index is 13.8. The minimum Gasteiger partial charge on any atom is -0.398 e. The second-order valence-electron chi connectivity index (χ2n) is 9.78. The van der Waals surface area contributed by atoms with Crippen LogP contribution in [0.4, 0.5) is 14.5 Å². The molecule has 0 radical (unpaired) electrons. The average molecular weight is 376 g/mol. The van der Waals surface area contributed by atoms with Gasteiger partial charge in [-0.05, 0) is 79.5 Å². The van der Waals surface area contributed by atoms with Crippen LogP contribution in [-0.2, 0) is 4.74 Å². The van der Waals surface area contributed by atoms with E-state index in [0.29, 0.717) is 31.1 Å². The number of halogens is 2. The fraction of sp³-hybridized carbons (Fsp3) is 0.652. The summed E-state index contributed by atoms with van der Waals surface area (Å²) >= 11 is 0. The number of hydrogen-bond donors (Lipinski definition) is 1. The van der Waals surface area contributed by atoms with E-state index in [4.69, 9.17) is 10.5 Å². The van der Waals surface area contributed by atoms with Gasteiger partial charge in [0.15, 0.2) is 0 Å². The highest BCUT2D eigenvalue weighted by molar-refractivity contribution is 5.76. The highest BCUT2D eigenvalue weighted by Crippen LogP contribution is 2.54. The zero-order valence-electron chi connectivity index (χ0n) is 16.5. The smallest absolute Gasteiger partial charge is 0.118 e. The maximum atomic E-state index is 13.8. The molecule has 1 aliphatic carbocycles. The van der Waals surface area contributed by atoms with Crippen molar-refractivity contribution >= 4 is 11.3 Å². The largest absolute Gasteiger partial charge is 0.398 e. The van der Waals surface area contributed by atoms with Crippen LogP contribution in [-0.4, -0.2) is 24.6 Å². The van der Waals surface area contributed by atoms with E-state index in [2.05, 4.69) is 26.0 Å². The van der Waals surface area contributed by atoms with Gasteiger partial charge in [0.25, 0.3) is 0 Å². The van der Waals surface area contributed by atoms with Crippen molar-refractivity contribution < 1.29 is 13.5 Å². The first-order chi connectivity index (χ1) is 12.8. The number of benzene rings is 1. The Morgan fingerprint density at radius 1 is 1.07 bits per heavy atom. The molecule has 2 N–H and O–H groups in total. The first-order valence-corrected chi connectivity index (χ1v) is 10.2. The summed E-state index contributed by atoms with van der Waals surface area (Å²) in [5.74, 6) is 0.118. The lowest BCUT2D eigenvalue weighted by molar-refractivity contribution is -0.159. The number of ether oxygens (including phenoxy) is 1. The summed E-state index contributed by atoms with van der Waals surface area (Å²) in [6.07, 6.45) is 8.03. The van der Waals surface area contributed by atoms with E-state index in [1.165, 1.54) is 5.57 Å². The van der Waals surface area contributed by atoms with E-state index in [1.54, 1.807) is 0 Å². The molecule has 3 aliphatic rings. The number of fused-ring (bicyclic) bond motifs is 2. The van der Waals surface area contributed by atoms with Crippen LogP contribution in [0.3, 0.4) is 0 Å². The molecule has 4 rings (SSSR count). The maximum Gasteiger partial charge on any atom is 0.118 e. The van der Waals surface area contributed by atoms with E-state index in [-0.39, 0.29) is 5.92 Å². The zero-order chi connectivity index (χ0) is 19.3. The molecule has 27 heavy (non-hydrogen) atoms. The molecule has 2 unspecified atom stereocenters. The zero-order valence-corrected chi connectivity index (χ0v) is 16.5. The highest BCUT2D eigenvalue weighted by Gasteiger charge is 2.55. The number of allylic oxidation sites excluding steroid dienone is 2. The van der Waals surface area contributed by atoms with Crippen molar-refractivity contribution in [2.45, 2.75) is 75.9 Å². The van der Waals surface area contributed by atoms with Crippen LogP contribution >= 0.6 is 0 Å². The normalized spacial score (nSPS) is 35.1. The van der Waals surface area contributed by atoms with Crippen LogP contribution in [0.2, 0.25) is 0 Å². The SMILES string of the molecule is CC1(C)CC=C(c2cc(C3CC4(CF)CCC(CF)(C3)O4)ccc2N)CC1. The van der Waals surface area contributed by atoms with Crippen molar-refractivity contribution in [1.82, 2.24) is 0 Å². The molecule has 148 valence electrons. The van der Waals surface area contributed by atoms with E-state index in [0.717, 1.165) is 36.1 Å². The van der Waals surface area contributed by atoms with Gasteiger partial charge in [0.1, 0.15) is 13.3 Å². The first-order valence-electron chi connectivity index (χ1n) is 10.2. The molecule has 2 bridgehead atoms. The Morgan fingerprint density at radius 2 is 1.74 bits per heavy atom. The molecule has 2 fully saturated rings. The average Bonchev–Trinajstić information content (AvgIpc) is 2.94. The fourth-order valence-electron chi connectivity index (χ4n) is 5.23. The van der Waals surface area contributed by atoms with Gasteiger partial charge >= 0.3 is 0 Å². The predicted octanol–water partition coefficient (Wildman–Crippen LogP) is 5.97. The van der Waals surface area contributed by atoms with Gasteiger partial charge < -0.3 is 10.5 Å². The molecule has 2 atom stereocenters. The second-order valence-corrected chi connectivity index (χ2v) is 9.78. The molecule has 0 saturated carbocycles. The van der Waals surface area contributed by atoms with Gasteiger partial charge in [-0.25, -0.2) is 8.78 Å². The van der Waals surface area contributed by atoms with E-state index in [1.807, 2.05) is 12.1 Å². The summed E-state index contributed by atoms with van der Waals surface area (Å²) < 4.78 is 33.5. The van der Waals surface area contributed by atoms with Gasteiger partial charge in [-0.3, -0.25) is 0 Å². The molecule has 2 nitrogen and oxygen atoms in total. The summed E-state index contributed by atoms with van der Waals surface area (Å²) in [7, 11) is 0. The summed E-state index contributed by atoms with van der Waals surface area (Å²) in [6, 6.07) is 6.18. The number of alkyl halides is 2. The van der Waals surface area contributed by atoms with Crippen molar-refractivity contribution in [2.75, 3.05) is 19.1 Å². The summed E-state index contributed by atoms with van der Waals surface area (Å²) in [5.41, 5.74) is 9.39. The Hall–Kier alpha value is -1.42. The first kappa shape index (κ1) is 18.9. The van der Waals surface area contributed by atoms with Crippen LogP contribution in [0, 0.1) is 5.41 Å². The lowest BCUT2D eigenvalue weighted by atomic mass is 9.75. The van der Waals surface area contributed by atoms with Gasteiger partial charge in [0.2, 0.25) is 0 Å². The Balaban J connectivity index is 1.64. The number of anilines is 1. The van der Waals surface area contributed by atoms with Gasteiger partial charge in [-0.1, -0.05) is 26.0 Å². The molecule has 0 amide bonds. The lowest BCUT2D eigenvalue weighted by Crippen LogP contribution is -2.45. The van der Waals surface area contributed by atoms with Gasteiger partial charge in [-0.2, -0.15) is 0 Å². The Kier molecular flexibility index (Phi) is 4.61. The van der Waals surface area contributed by atoms with Crippen LogP contribution in [0.1, 0.15) is 75.8 Å². The molecule has 2 heterocycles. The van der Waals surface area contributed by atoms with Crippen molar-refractivity contribution in [3.63, 3.8) is 0 Å². The van der Waals surface area contributed by atoms with Crippen molar-refractivity contribution in [2.24, 2.45) is 5.41 Å². The van der Waals surface area contributed by atoms with Crippen molar-refractivity contribution in [1.29, 1.82) is 0 Å². The van der Waals surface area contributed by atoms with Crippen molar-refractivity contribution in [3.8, 4) is 0 Å². The van der Waals surface area contributed by atoms with Crippen LogP contribution < -0.4 is 5.73 Å². The molecular weight excluding hydrogens is 344 g/mol. The second kappa shape index (κ2) is 6.58. The molecule has 0 aromatic heterocycles. The molecule has 1 aromatic rings. The minimum atomic E-state index is -0.801. The number of rotatable bonds is 4. The third-order valence-corrected chi connectivity index (χ3v) is 7.06. The van der Waals surface area contributed by atoms with E-state index in [9.17, 15) is 8.78 Å². The monoisotopic (exact) mass is 375 g/mol. The Morgan fingerprint density at radius 3 is 2.30 bits per heavy atom. The Labute approximate surface area is 161 Å². The van der Waals surface area contributed by atoms with E-state index >= 15 is 0 Å². The van der Waals surface area contributed by atoms with Crippen LogP contribution in [0.5, 0.6) is 0 Å². The summed E-state index contributed by atoms with van der Waals surface area (Å²) in [5, 5.41) is 0. The van der Waals surface area contributed by atoms with Gasteiger partial charge in [-0.15, -0.1) is 0 Å². The topological polar surface area (TPSA) is 35.2 Å². The fourth-order valence-corrected chi connectivity index (χ4v) is 5.23.